The van der Waals surface area contributed by atoms with E-state index in [1.54, 1.807) is 0 Å². The highest BCUT2D eigenvalue weighted by atomic mass is 16.3. The fraction of sp³-hybridized carbons (Fsp3) is 0.833. The molecule has 0 spiro atoms. The van der Waals surface area contributed by atoms with Crippen LogP contribution in [0.2, 0.25) is 0 Å². The second kappa shape index (κ2) is 2.94. The highest BCUT2D eigenvalue weighted by Gasteiger charge is 2.15. The Bertz CT molecular complexity index is 110. The van der Waals surface area contributed by atoms with E-state index < -0.39 is 6.61 Å². The molecule has 9 heavy (non-hydrogen) atoms. The van der Waals surface area contributed by atoms with Gasteiger partial charge in [0.25, 0.3) is 0 Å². The van der Waals surface area contributed by atoms with Gasteiger partial charge in [0.15, 0.2) is 5.78 Å². The van der Waals surface area contributed by atoms with E-state index in [0.717, 1.165) is 13.1 Å². The van der Waals surface area contributed by atoms with Crippen molar-refractivity contribution in [1.29, 1.82) is 0 Å². The van der Waals surface area contributed by atoms with Crippen LogP contribution in [-0.4, -0.2) is 36.9 Å². The number of carbonyl (C=O) groups excluding carboxylic acids is 1. The molecule has 0 aromatic heterocycles. The Morgan fingerprint density at radius 3 is 2.44 bits per heavy atom. The Labute approximate surface area is 54.3 Å². The maximum absolute atomic E-state index is 10.5. The first-order valence-electron chi connectivity index (χ1n) is 3.15. The van der Waals surface area contributed by atoms with Crippen molar-refractivity contribution in [3.63, 3.8) is 0 Å². The molecular formula is C6H10NO2. The monoisotopic (exact) mass is 128 g/mol. The third kappa shape index (κ3) is 1.77. The number of likely N-dealkylation sites (tertiary alicyclic amines) is 1. The molecule has 0 bridgehead atoms. The van der Waals surface area contributed by atoms with Gasteiger partial charge in [-0.15, -0.1) is 0 Å². The minimum absolute atomic E-state index is 0.185. The second-order valence-electron chi connectivity index (χ2n) is 2.31. The molecule has 1 radical (unpaired) electrons. The van der Waals surface area contributed by atoms with Crippen LogP contribution in [0.1, 0.15) is 6.42 Å². The second-order valence-corrected chi connectivity index (χ2v) is 2.31. The molecule has 0 N–H and O–H groups in total. The number of rotatable bonds is 3. The Hall–Kier alpha value is -0.410. The van der Waals surface area contributed by atoms with Crippen molar-refractivity contribution < 1.29 is 9.90 Å². The topological polar surface area (TPSA) is 40.2 Å². The summed E-state index contributed by atoms with van der Waals surface area (Å²) in [7, 11) is 0. The van der Waals surface area contributed by atoms with Gasteiger partial charge in [-0.25, -0.2) is 5.11 Å². The van der Waals surface area contributed by atoms with E-state index in [4.69, 9.17) is 0 Å². The molecule has 0 unspecified atom stereocenters. The lowest BCUT2D eigenvalue weighted by Gasteiger charge is -2.29. The molecule has 1 fully saturated rings. The van der Waals surface area contributed by atoms with Crippen molar-refractivity contribution in [2.75, 3.05) is 26.2 Å². The quantitative estimate of drug-likeness (QED) is 0.523. The number of hydrogen-bond donors (Lipinski definition) is 0. The highest BCUT2D eigenvalue weighted by Crippen LogP contribution is 2.03. The number of carbonyl (C=O) groups is 1. The summed E-state index contributed by atoms with van der Waals surface area (Å²) in [5, 5.41) is 9.93. The molecule has 51 valence electrons. The van der Waals surface area contributed by atoms with E-state index in [1.165, 1.54) is 6.42 Å². The van der Waals surface area contributed by atoms with Gasteiger partial charge in [0, 0.05) is 0 Å². The van der Waals surface area contributed by atoms with Gasteiger partial charge >= 0.3 is 0 Å². The van der Waals surface area contributed by atoms with E-state index >= 15 is 0 Å². The predicted molar refractivity (Wildman–Crippen MR) is 31.6 cm³/mol. The number of ketones is 1. The zero-order valence-corrected chi connectivity index (χ0v) is 5.30. The number of nitrogens with zero attached hydrogens (tertiary/aromatic N) is 1. The summed E-state index contributed by atoms with van der Waals surface area (Å²) >= 11 is 0. The van der Waals surface area contributed by atoms with Gasteiger partial charge in [-0.05, 0) is 19.5 Å². The first-order valence-corrected chi connectivity index (χ1v) is 3.15. The van der Waals surface area contributed by atoms with Crippen molar-refractivity contribution in [2.24, 2.45) is 0 Å². The summed E-state index contributed by atoms with van der Waals surface area (Å²) in [5.41, 5.74) is 0. The zero-order valence-electron chi connectivity index (χ0n) is 5.30. The lowest BCUT2D eigenvalue weighted by atomic mass is 10.2. The fourth-order valence-electron chi connectivity index (χ4n) is 0.835. The average Bonchev–Trinajstić information content (AvgIpc) is 1.78. The molecular weight excluding hydrogens is 118 g/mol. The highest BCUT2D eigenvalue weighted by molar-refractivity contribution is 5.81. The summed E-state index contributed by atoms with van der Waals surface area (Å²) in [4.78, 5) is 12.4. The molecule has 0 saturated carbocycles. The Morgan fingerprint density at radius 2 is 2.11 bits per heavy atom. The van der Waals surface area contributed by atoms with E-state index in [0.29, 0.717) is 6.54 Å². The zero-order chi connectivity index (χ0) is 6.69. The minimum atomic E-state index is -0.559. The fourth-order valence-corrected chi connectivity index (χ4v) is 0.835. The van der Waals surface area contributed by atoms with Crippen LogP contribution in [0.15, 0.2) is 0 Å². The van der Waals surface area contributed by atoms with Crippen LogP contribution in [0.25, 0.3) is 0 Å². The molecule has 1 aliphatic rings. The van der Waals surface area contributed by atoms with Gasteiger partial charge in [-0.3, -0.25) is 9.69 Å². The lowest BCUT2D eigenvalue weighted by Crippen LogP contribution is -2.41. The first-order chi connectivity index (χ1) is 4.33. The van der Waals surface area contributed by atoms with Crippen LogP contribution in [-0.2, 0) is 9.90 Å². The molecule has 0 amide bonds. The largest absolute Gasteiger partial charge is 0.296 e. The smallest absolute Gasteiger partial charge is 0.175 e. The van der Waals surface area contributed by atoms with Crippen LogP contribution in [0.5, 0.6) is 0 Å². The van der Waals surface area contributed by atoms with Gasteiger partial charge in [0.1, 0.15) is 6.61 Å². The van der Waals surface area contributed by atoms with Crippen molar-refractivity contribution in [3.8, 4) is 0 Å². The van der Waals surface area contributed by atoms with Gasteiger partial charge < -0.3 is 0 Å². The number of hydrogen-bond acceptors (Lipinski definition) is 2. The van der Waals surface area contributed by atoms with Crippen LogP contribution >= 0.6 is 0 Å². The SMILES string of the molecule is [O]CC(=O)CN1CCC1. The molecule has 1 saturated heterocycles. The van der Waals surface area contributed by atoms with Gasteiger partial charge in [0.05, 0.1) is 6.54 Å². The standard InChI is InChI=1S/C6H10NO2/c8-5-6(9)4-7-2-1-3-7/h1-5H2. The lowest BCUT2D eigenvalue weighted by molar-refractivity contribution is -0.125. The molecule has 0 aromatic carbocycles. The average molecular weight is 128 g/mol. The van der Waals surface area contributed by atoms with Gasteiger partial charge in [-0.1, -0.05) is 0 Å². The maximum Gasteiger partial charge on any atom is 0.175 e. The summed E-state index contributed by atoms with van der Waals surface area (Å²) < 4.78 is 0. The predicted octanol–water partition coefficient (Wildman–Crippen LogP) is -0.308. The summed E-state index contributed by atoms with van der Waals surface area (Å²) in [5.74, 6) is -0.185. The molecule has 3 heteroatoms. The van der Waals surface area contributed by atoms with Crippen LogP contribution < -0.4 is 0 Å². The third-order valence-corrected chi connectivity index (χ3v) is 1.51. The summed E-state index contributed by atoms with van der Waals surface area (Å²) in [6.07, 6.45) is 1.17. The molecule has 1 aliphatic heterocycles. The van der Waals surface area contributed by atoms with Crippen molar-refractivity contribution in [1.82, 2.24) is 4.90 Å². The molecule has 0 aromatic rings. The first kappa shape index (κ1) is 6.71. The van der Waals surface area contributed by atoms with Crippen molar-refractivity contribution in [3.05, 3.63) is 0 Å². The minimum Gasteiger partial charge on any atom is -0.296 e. The van der Waals surface area contributed by atoms with E-state index in [2.05, 4.69) is 0 Å². The van der Waals surface area contributed by atoms with Crippen molar-refractivity contribution in [2.45, 2.75) is 6.42 Å². The van der Waals surface area contributed by atoms with Gasteiger partial charge in [0.2, 0.25) is 0 Å². The van der Waals surface area contributed by atoms with Crippen LogP contribution in [0.3, 0.4) is 0 Å². The molecule has 0 aliphatic carbocycles. The Morgan fingerprint density at radius 1 is 1.44 bits per heavy atom. The van der Waals surface area contributed by atoms with Crippen LogP contribution in [0, 0.1) is 0 Å². The maximum atomic E-state index is 10.5. The molecule has 3 nitrogen and oxygen atoms in total. The van der Waals surface area contributed by atoms with E-state index in [9.17, 15) is 9.90 Å². The summed E-state index contributed by atoms with van der Waals surface area (Å²) in [6, 6.07) is 0. The normalized spacial score (nSPS) is 19.2. The molecule has 0 atom stereocenters. The van der Waals surface area contributed by atoms with Crippen LogP contribution in [0.4, 0.5) is 0 Å². The number of Topliss-reactive ketones (excluding diaryl/α,β-unsaturated/α-hetero) is 1. The van der Waals surface area contributed by atoms with Crippen molar-refractivity contribution >= 4 is 5.78 Å². The van der Waals surface area contributed by atoms with Gasteiger partial charge in [-0.2, -0.15) is 0 Å². The molecule has 1 rings (SSSR count). The molecule has 1 heterocycles. The van der Waals surface area contributed by atoms with E-state index in [1.807, 2.05) is 4.90 Å². The summed E-state index contributed by atoms with van der Waals surface area (Å²) in [6.45, 7) is 1.80. The van der Waals surface area contributed by atoms with E-state index in [-0.39, 0.29) is 5.78 Å². The third-order valence-electron chi connectivity index (χ3n) is 1.51. The Balaban J connectivity index is 2.09. The Kier molecular flexibility index (Phi) is 2.19.